The summed E-state index contributed by atoms with van der Waals surface area (Å²) in [6.07, 6.45) is 2.92. The van der Waals surface area contributed by atoms with Crippen molar-refractivity contribution in [3.05, 3.63) is 55.1 Å². The Morgan fingerprint density at radius 2 is 1.84 bits per heavy atom. The number of ether oxygens (including phenoxy) is 1. The summed E-state index contributed by atoms with van der Waals surface area (Å²) < 4.78 is 39.4. The summed E-state index contributed by atoms with van der Waals surface area (Å²) in [5.41, 5.74) is 2.10. The van der Waals surface area contributed by atoms with Crippen LogP contribution in [0.5, 0.6) is 5.75 Å². The maximum atomic E-state index is 12.9. The van der Waals surface area contributed by atoms with Crippen molar-refractivity contribution >= 4 is 21.4 Å². The second-order valence-corrected chi connectivity index (χ2v) is 9.44. The molecule has 2 aromatic carbocycles. The van der Waals surface area contributed by atoms with Crippen molar-refractivity contribution in [2.24, 2.45) is 0 Å². The van der Waals surface area contributed by atoms with Gasteiger partial charge in [-0.1, -0.05) is 0 Å². The molecule has 31 heavy (non-hydrogen) atoms. The highest BCUT2D eigenvalue weighted by atomic mass is 32.2. The average Bonchev–Trinajstić information content (AvgIpc) is 3.28. The van der Waals surface area contributed by atoms with Crippen molar-refractivity contribution in [1.82, 2.24) is 10.3 Å². The van der Waals surface area contributed by atoms with Crippen LogP contribution in [-0.2, 0) is 10.0 Å². The normalized spacial score (nSPS) is 19.3. The van der Waals surface area contributed by atoms with E-state index < -0.39 is 10.0 Å². The number of hydrogen-bond donors (Lipinski definition) is 2. The number of hydrogen-bond acceptors (Lipinski definition) is 7. The summed E-state index contributed by atoms with van der Waals surface area (Å²) in [5, 5.41) is 3.50. The van der Waals surface area contributed by atoms with Crippen LogP contribution >= 0.6 is 0 Å². The minimum atomic E-state index is -3.76. The Kier molecular flexibility index (Phi) is 5.88. The summed E-state index contributed by atoms with van der Waals surface area (Å²) in [7, 11) is -2.14. The van der Waals surface area contributed by atoms with Crippen molar-refractivity contribution in [2.45, 2.75) is 30.8 Å². The molecule has 1 saturated heterocycles. The van der Waals surface area contributed by atoms with E-state index in [1.54, 1.807) is 49.7 Å². The number of nitrogens with one attached hydrogen (secondary N) is 2. The molecule has 0 saturated carbocycles. The Morgan fingerprint density at radius 1 is 1.13 bits per heavy atom. The number of nitrogens with zero attached hydrogens (tertiary/aromatic N) is 2. The van der Waals surface area contributed by atoms with Gasteiger partial charge in [0.2, 0.25) is 0 Å². The van der Waals surface area contributed by atoms with Gasteiger partial charge in [-0.25, -0.2) is 13.4 Å². The lowest BCUT2D eigenvalue weighted by Crippen LogP contribution is -2.54. The molecule has 164 valence electrons. The largest absolute Gasteiger partial charge is 0.495 e. The molecular formula is C22H26N4O4S. The highest BCUT2D eigenvalue weighted by Crippen LogP contribution is 2.33. The van der Waals surface area contributed by atoms with E-state index in [1.165, 1.54) is 6.39 Å². The molecule has 1 aliphatic rings. The minimum absolute atomic E-state index is 0.164. The number of sulfonamides is 1. The van der Waals surface area contributed by atoms with Gasteiger partial charge in [0, 0.05) is 30.7 Å². The Morgan fingerprint density at radius 3 is 2.45 bits per heavy atom. The van der Waals surface area contributed by atoms with Gasteiger partial charge >= 0.3 is 0 Å². The number of aromatic nitrogens is 1. The highest BCUT2D eigenvalue weighted by molar-refractivity contribution is 7.92. The zero-order valence-electron chi connectivity index (χ0n) is 17.7. The first-order chi connectivity index (χ1) is 14.9. The third kappa shape index (κ3) is 4.67. The molecule has 0 bridgehead atoms. The molecule has 2 N–H and O–H groups in total. The molecule has 0 amide bonds. The van der Waals surface area contributed by atoms with Crippen molar-refractivity contribution < 1.29 is 17.6 Å². The molecule has 2 heterocycles. The van der Waals surface area contributed by atoms with Crippen molar-refractivity contribution in [2.75, 3.05) is 29.8 Å². The van der Waals surface area contributed by atoms with Crippen LogP contribution in [0.2, 0.25) is 0 Å². The molecule has 1 fully saturated rings. The topological polar surface area (TPSA) is 96.7 Å². The molecule has 0 spiro atoms. The Hall–Kier alpha value is -3.04. The predicted molar refractivity (Wildman–Crippen MR) is 120 cm³/mol. The van der Waals surface area contributed by atoms with Crippen LogP contribution in [0.3, 0.4) is 0 Å². The number of oxazole rings is 1. The molecule has 1 aromatic heterocycles. The average molecular weight is 443 g/mol. The standard InChI is InChI=1S/C22H26N4O4S/c1-15-12-26(13-16(2)24-15)20-10-18(6-9-21(20)29-3)25-31(27,28)19-7-4-17(5-8-19)22-11-23-14-30-22/h4-11,14-16,24-25H,12-13H2,1-3H3. The molecule has 9 heteroatoms. The van der Waals surface area contributed by atoms with E-state index in [-0.39, 0.29) is 4.90 Å². The zero-order chi connectivity index (χ0) is 22.0. The zero-order valence-corrected chi connectivity index (χ0v) is 18.5. The van der Waals surface area contributed by atoms with Gasteiger partial charge in [-0.2, -0.15) is 0 Å². The van der Waals surface area contributed by atoms with E-state index in [4.69, 9.17) is 9.15 Å². The Bertz CT molecular complexity index is 1120. The highest BCUT2D eigenvalue weighted by Gasteiger charge is 2.24. The molecule has 2 unspecified atom stereocenters. The maximum absolute atomic E-state index is 12.9. The summed E-state index contributed by atoms with van der Waals surface area (Å²) in [5.74, 6) is 1.29. The summed E-state index contributed by atoms with van der Waals surface area (Å²) in [6.45, 7) is 5.87. The summed E-state index contributed by atoms with van der Waals surface area (Å²) >= 11 is 0. The summed E-state index contributed by atoms with van der Waals surface area (Å²) in [4.78, 5) is 6.26. The van der Waals surface area contributed by atoms with E-state index in [0.717, 1.165) is 24.3 Å². The molecule has 0 radical (unpaired) electrons. The number of anilines is 2. The molecule has 0 aliphatic carbocycles. The number of rotatable bonds is 6. The third-order valence-corrected chi connectivity index (χ3v) is 6.61. The summed E-state index contributed by atoms with van der Waals surface area (Å²) in [6, 6.07) is 12.4. The van der Waals surface area contributed by atoms with Gasteiger partial charge in [0.05, 0.1) is 29.6 Å². The maximum Gasteiger partial charge on any atom is 0.261 e. The minimum Gasteiger partial charge on any atom is -0.495 e. The van der Waals surface area contributed by atoms with Gasteiger partial charge in [-0.05, 0) is 56.3 Å². The SMILES string of the molecule is COc1ccc(NS(=O)(=O)c2ccc(-c3cnco3)cc2)cc1N1CC(C)NC(C)C1. The number of piperazine rings is 1. The van der Waals surface area contributed by atoms with Crippen LogP contribution < -0.4 is 19.7 Å². The fourth-order valence-electron chi connectivity index (χ4n) is 3.89. The number of benzene rings is 2. The monoisotopic (exact) mass is 442 g/mol. The second-order valence-electron chi connectivity index (χ2n) is 7.76. The molecule has 8 nitrogen and oxygen atoms in total. The fraction of sp³-hybridized carbons (Fsp3) is 0.318. The van der Waals surface area contributed by atoms with Gasteiger partial charge in [0.15, 0.2) is 12.2 Å². The van der Waals surface area contributed by atoms with Crippen molar-refractivity contribution in [3.63, 3.8) is 0 Å². The van der Waals surface area contributed by atoms with Gasteiger partial charge in [0.1, 0.15) is 5.75 Å². The van der Waals surface area contributed by atoms with Crippen LogP contribution in [0.4, 0.5) is 11.4 Å². The predicted octanol–water partition coefficient (Wildman–Crippen LogP) is 3.34. The van der Waals surface area contributed by atoms with Crippen LogP contribution in [0.25, 0.3) is 11.3 Å². The van der Waals surface area contributed by atoms with Crippen LogP contribution in [0, 0.1) is 0 Å². The molecule has 3 aromatic rings. The van der Waals surface area contributed by atoms with E-state index >= 15 is 0 Å². The quantitative estimate of drug-likeness (QED) is 0.604. The first-order valence-electron chi connectivity index (χ1n) is 10.1. The van der Waals surface area contributed by atoms with Crippen molar-refractivity contribution in [3.8, 4) is 17.1 Å². The van der Waals surface area contributed by atoms with E-state index in [0.29, 0.717) is 29.3 Å². The lowest BCUT2D eigenvalue weighted by Gasteiger charge is -2.38. The van der Waals surface area contributed by atoms with Gasteiger partial charge in [-0.3, -0.25) is 4.72 Å². The smallest absolute Gasteiger partial charge is 0.261 e. The van der Waals surface area contributed by atoms with E-state index in [9.17, 15) is 8.42 Å². The van der Waals surface area contributed by atoms with E-state index in [1.807, 2.05) is 6.07 Å². The Labute approximate surface area is 182 Å². The van der Waals surface area contributed by atoms with E-state index in [2.05, 4.69) is 33.8 Å². The van der Waals surface area contributed by atoms with Crippen molar-refractivity contribution in [1.29, 1.82) is 0 Å². The van der Waals surface area contributed by atoms with Crippen LogP contribution in [0.15, 0.2) is 64.4 Å². The Balaban J connectivity index is 1.58. The van der Waals surface area contributed by atoms with Gasteiger partial charge in [-0.15, -0.1) is 0 Å². The fourth-order valence-corrected chi connectivity index (χ4v) is 4.94. The molecular weight excluding hydrogens is 416 g/mol. The molecule has 1 aliphatic heterocycles. The molecule has 4 rings (SSSR count). The van der Waals surface area contributed by atoms with Gasteiger partial charge < -0.3 is 19.4 Å². The first kappa shape index (κ1) is 21.2. The lowest BCUT2D eigenvalue weighted by molar-refractivity contribution is 0.391. The van der Waals surface area contributed by atoms with Gasteiger partial charge in [0.25, 0.3) is 10.0 Å². The first-order valence-corrected chi connectivity index (χ1v) is 11.5. The second kappa shape index (κ2) is 8.60. The van der Waals surface area contributed by atoms with Crippen LogP contribution in [0.1, 0.15) is 13.8 Å². The number of methoxy groups -OCH3 is 1. The lowest BCUT2D eigenvalue weighted by atomic mass is 10.1. The van der Waals surface area contributed by atoms with Crippen LogP contribution in [-0.4, -0.2) is 45.7 Å². The third-order valence-electron chi connectivity index (χ3n) is 5.21. The molecule has 2 atom stereocenters.